The molecule has 5 nitrogen and oxygen atoms in total. The maximum atomic E-state index is 11.3. The molecule has 6 heteroatoms. The van der Waals surface area contributed by atoms with Crippen LogP contribution in [0, 0.1) is 5.92 Å². The smallest absolute Gasteiger partial charge is 0.337 e. The highest BCUT2D eigenvalue weighted by atomic mass is 32.2. The molecule has 0 aromatic heterocycles. The molecule has 0 fully saturated rings. The Morgan fingerprint density at radius 3 is 2.48 bits per heavy atom. The molecule has 0 radical (unpaired) electrons. The van der Waals surface area contributed by atoms with Crippen molar-refractivity contribution in [2.45, 2.75) is 12.8 Å². The van der Waals surface area contributed by atoms with Gasteiger partial charge in [-0.1, -0.05) is 12.1 Å². The number of carbonyl (C=O) groups excluding carboxylic acids is 2. The van der Waals surface area contributed by atoms with Crippen LogP contribution in [-0.2, 0) is 20.7 Å². The quantitative estimate of drug-likeness (QED) is 0.325. The minimum atomic E-state index is -1.07. The largest absolute Gasteiger partial charge is 0.481 e. The zero-order chi connectivity index (χ0) is 15.7. The molecule has 1 N–H and O–H groups in total. The number of hydrogen-bond acceptors (Lipinski definition) is 5. The molecule has 0 amide bonds. The van der Waals surface area contributed by atoms with Crippen molar-refractivity contribution in [2.24, 2.45) is 5.92 Å². The molecular weight excluding hydrogens is 292 g/mol. The summed E-state index contributed by atoms with van der Waals surface area (Å²) in [4.78, 5) is 32.4. The van der Waals surface area contributed by atoms with Crippen molar-refractivity contribution in [1.29, 1.82) is 0 Å². The van der Waals surface area contributed by atoms with Crippen molar-refractivity contribution in [3.05, 3.63) is 35.4 Å². The molecule has 0 bridgehead atoms. The second-order valence-corrected chi connectivity index (χ2v) is 5.65. The van der Waals surface area contributed by atoms with E-state index in [1.54, 1.807) is 23.9 Å². The SMILES string of the molecule is COC(=O)c1ccc(CCSCCC(C=O)C(=O)O)cc1. The van der Waals surface area contributed by atoms with E-state index >= 15 is 0 Å². The molecule has 1 atom stereocenters. The van der Waals surface area contributed by atoms with Gasteiger partial charge in [0.1, 0.15) is 12.2 Å². The average molecular weight is 310 g/mol. The standard InChI is InChI=1S/C15H18O5S/c1-20-15(19)12-4-2-11(3-5-12)6-8-21-9-7-13(10-16)14(17)18/h2-5,10,13H,6-9H2,1H3,(H,17,18). The Balaban J connectivity index is 2.28. The first-order chi connectivity index (χ1) is 10.1. The van der Waals surface area contributed by atoms with Crippen LogP contribution >= 0.6 is 11.8 Å². The van der Waals surface area contributed by atoms with Gasteiger partial charge >= 0.3 is 11.9 Å². The summed E-state index contributed by atoms with van der Waals surface area (Å²) in [5, 5.41) is 8.72. The number of aliphatic carboxylic acids is 1. The number of aryl methyl sites for hydroxylation is 1. The molecule has 0 spiro atoms. The van der Waals surface area contributed by atoms with Crippen LogP contribution < -0.4 is 0 Å². The van der Waals surface area contributed by atoms with Crippen LogP contribution in [-0.4, -0.2) is 41.9 Å². The van der Waals surface area contributed by atoms with E-state index in [0.29, 0.717) is 24.0 Å². The monoisotopic (exact) mass is 310 g/mol. The van der Waals surface area contributed by atoms with Crippen molar-refractivity contribution in [2.75, 3.05) is 18.6 Å². The van der Waals surface area contributed by atoms with Gasteiger partial charge in [0.05, 0.1) is 12.7 Å². The molecule has 0 aliphatic rings. The van der Waals surface area contributed by atoms with E-state index in [1.165, 1.54) is 7.11 Å². The van der Waals surface area contributed by atoms with Crippen LogP contribution in [0.5, 0.6) is 0 Å². The normalized spacial score (nSPS) is 11.7. The molecule has 0 heterocycles. The Labute approximate surface area is 127 Å². The highest BCUT2D eigenvalue weighted by Gasteiger charge is 2.15. The molecule has 1 aromatic rings. The summed E-state index contributed by atoms with van der Waals surface area (Å²) >= 11 is 1.61. The molecule has 21 heavy (non-hydrogen) atoms. The van der Waals surface area contributed by atoms with Gasteiger partial charge < -0.3 is 14.6 Å². The van der Waals surface area contributed by atoms with E-state index < -0.39 is 11.9 Å². The minimum absolute atomic E-state index is 0.352. The van der Waals surface area contributed by atoms with E-state index in [4.69, 9.17) is 5.11 Å². The average Bonchev–Trinajstić information content (AvgIpc) is 2.50. The lowest BCUT2D eigenvalue weighted by Crippen LogP contribution is -2.15. The zero-order valence-electron chi connectivity index (χ0n) is 11.8. The first-order valence-electron chi connectivity index (χ1n) is 6.51. The molecule has 114 valence electrons. The third-order valence-corrected chi connectivity index (χ3v) is 3.98. The van der Waals surface area contributed by atoms with E-state index in [0.717, 1.165) is 17.7 Å². The lowest BCUT2D eigenvalue weighted by molar-refractivity contribution is -0.143. The van der Waals surface area contributed by atoms with Gasteiger partial charge in [-0.05, 0) is 42.0 Å². The first kappa shape index (κ1) is 17.2. The van der Waals surface area contributed by atoms with E-state index in [9.17, 15) is 14.4 Å². The second kappa shape index (κ2) is 9.18. The van der Waals surface area contributed by atoms with E-state index in [-0.39, 0.29) is 5.97 Å². The highest BCUT2D eigenvalue weighted by molar-refractivity contribution is 7.99. The Morgan fingerprint density at radius 2 is 1.95 bits per heavy atom. The van der Waals surface area contributed by atoms with Crippen LogP contribution in [0.1, 0.15) is 22.3 Å². The van der Waals surface area contributed by atoms with Gasteiger partial charge in [0.15, 0.2) is 0 Å². The molecular formula is C15H18O5S. The Kier molecular flexibility index (Phi) is 7.53. The van der Waals surface area contributed by atoms with Gasteiger partial charge in [-0.25, -0.2) is 4.79 Å². The summed E-state index contributed by atoms with van der Waals surface area (Å²) in [6, 6.07) is 7.19. The lowest BCUT2D eigenvalue weighted by Gasteiger charge is -2.05. The van der Waals surface area contributed by atoms with Crippen molar-refractivity contribution in [1.82, 2.24) is 0 Å². The zero-order valence-corrected chi connectivity index (χ0v) is 12.6. The molecule has 1 rings (SSSR count). The number of esters is 1. The number of aldehydes is 1. The number of carbonyl (C=O) groups is 3. The van der Waals surface area contributed by atoms with Crippen LogP contribution in [0.15, 0.2) is 24.3 Å². The van der Waals surface area contributed by atoms with Crippen molar-refractivity contribution < 1.29 is 24.2 Å². The summed E-state index contributed by atoms with van der Waals surface area (Å²) < 4.78 is 4.62. The minimum Gasteiger partial charge on any atom is -0.481 e. The van der Waals surface area contributed by atoms with Crippen molar-refractivity contribution >= 4 is 30.0 Å². The highest BCUT2D eigenvalue weighted by Crippen LogP contribution is 2.12. The molecule has 0 saturated heterocycles. The second-order valence-electron chi connectivity index (χ2n) is 4.42. The molecule has 0 saturated carbocycles. The first-order valence-corrected chi connectivity index (χ1v) is 7.67. The Morgan fingerprint density at radius 1 is 1.29 bits per heavy atom. The topological polar surface area (TPSA) is 80.7 Å². The van der Waals surface area contributed by atoms with E-state index in [1.807, 2.05) is 12.1 Å². The van der Waals surface area contributed by atoms with Crippen LogP contribution in [0.3, 0.4) is 0 Å². The Hall–Kier alpha value is -1.82. The van der Waals surface area contributed by atoms with E-state index in [2.05, 4.69) is 4.74 Å². The lowest BCUT2D eigenvalue weighted by atomic mass is 10.1. The number of hydrogen-bond donors (Lipinski definition) is 1. The number of benzene rings is 1. The molecule has 0 aliphatic carbocycles. The van der Waals surface area contributed by atoms with Crippen LogP contribution in [0.2, 0.25) is 0 Å². The number of carboxylic acids is 1. The fourth-order valence-corrected chi connectivity index (χ4v) is 2.68. The fraction of sp³-hybridized carbons (Fsp3) is 0.400. The third-order valence-electron chi connectivity index (χ3n) is 2.96. The summed E-state index contributed by atoms with van der Waals surface area (Å²) in [6.07, 6.45) is 1.66. The predicted molar refractivity (Wildman–Crippen MR) is 80.6 cm³/mol. The van der Waals surface area contributed by atoms with Gasteiger partial charge in [-0.2, -0.15) is 11.8 Å². The summed E-state index contributed by atoms with van der Waals surface area (Å²) in [5.41, 5.74) is 1.62. The predicted octanol–water partition coefficient (Wildman–Crippen LogP) is 2.04. The number of ether oxygens (including phenoxy) is 1. The number of thioether (sulfide) groups is 1. The molecule has 1 unspecified atom stereocenters. The summed E-state index contributed by atoms with van der Waals surface area (Å²) in [6.45, 7) is 0. The van der Waals surface area contributed by atoms with Crippen LogP contribution in [0.25, 0.3) is 0 Å². The number of rotatable bonds is 9. The molecule has 0 aliphatic heterocycles. The van der Waals surface area contributed by atoms with Gasteiger partial charge in [0.2, 0.25) is 0 Å². The summed E-state index contributed by atoms with van der Waals surface area (Å²) in [5.74, 6) is -0.857. The maximum Gasteiger partial charge on any atom is 0.337 e. The fourth-order valence-electron chi connectivity index (χ4n) is 1.68. The number of carboxylic acid groups (broad SMARTS) is 1. The third kappa shape index (κ3) is 5.99. The van der Waals surface area contributed by atoms with Gasteiger partial charge in [0, 0.05) is 0 Å². The van der Waals surface area contributed by atoms with Gasteiger partial charge in [-0.3, -0.25) is 4.79 Å². The Bertz CT molecular complexity index is 483. The van der Waals surface area contributed by atoms with Gasteiger partial charge in [0.25, 0.3) is 0 Å². The van der Waals surface area contributed by atoms with Crippen molar-refractivity contribution in [3.63, 3.8) is 0 Å². The van der Waals surface area contributed by atoms with Crippen molar-refractivity contribution in [3.8, 4) is 0 Å². The maximum absolute atomic E-state index is 11.3. The summed E-state index contributed by atoms with van der Waals surface area (Å²) in [7, 11) is 1.34. The van der Waals surface area contributed by atoms with Crippen LogP contribution in [0.4, 0.5) is 0 Å². The van der Waals surface area contributed by atoms with Gasteiger partial charge in [-0.15, -0.1) is 0 Å². The molecule has 1 aromatic carbocycles. The number of methoxy groups -OCH3 is 1.